The molecule has 8 nitrogen and oxygen atoms in total. The van der Waals surface area contributed by atoms with E-state index in [1.165, 1.54) is 12.7 Å². The van der Waals surface area contributed by atoms with E-state index in [-0.39, 0.29) is 11.1 Å². The highest BCUT2D eigenvalue weighted by Crippen LogP contribution is 2.31. The van der Waals surface area contributed by atoms with Gasteiger partial charge in [-0.1, -0.05) is 12.1 Å². The first-order valence-corrected chi connectivity index (χ1v) is 10.9. The number of hydrogen-bond acceptors (Lipinski definition) is 7. The molecule has 2 saturated heterocycles. The number of anilines is 1. The topological polar surface area (TPSA) is 74.0 Å². The fourth-order valence-corrected chi connectivity index (χ4v) is 4.56. The van der Waals surface area contributed by atoms with Gasteiger partial charge >= 0.3 is 0 Å². The van der Waals surface area contributed by atoms with E-state index < -0.39 is 0 Å². The molecular formula is C22H22N6O2S. The normalized spacial score (nSPS) is 19.2. The lowest BCUT2D eigenvalue weighted by atomic mass is 10.1. The molecule has 0 unspecified atom stereocenters. The second-order valence-electron chi connectivity index (χ2n) is 7.75. The van der Waals surface area contributed by atoms with Gasteiger partial charge in [0.15, 0.2) is 5.65 Å². The van der Waals surface area contributed by atoms with E-state index in [0.29, 0.717) is 10.6 Å². The maximum absolute atomic E-state index is 12.2. The SMILES string of the molecule is CN1CCN(c2ccc(-c3cnc4ccc(/C=C5\SC(=O)N(C)C5=O)nn34)cc2)CC1. The highest BCUT2D eigenvalue weighted by Gasteiger charge is 2.31. The number of hydrogen-bond donors (Lipinski definition) is 0. The summed E-state index contributed by atoms with van der Waals surface area (Å²) < 4.78 is 1.77. The molecule has 0 aliphatic carbocycles. The van der Waals surface area contributed by atoms with Crippen LogP contribution in [0.25, 0.3) is 23.0 Å². The van der Waals surface area contributed by atoms with Crippen molar-refractivity contribution in [2.75, 3.05) is 45.2 Å². The van der Waals surface area contributed by atoms with E-state index in [1.807, 2.05) is 6.07 Å². The number of nitrogens with zero attached hydrogens (tertiary/aromatic N) is 6. The number of imide groups is 1. The van der Waals surface area contributed by atoms with Gasteiger partial charge in [-0.25, -0.2) is 9.50 Å². The molecule has 2 fully saturated rings. The Morgan fingerprint density at radius 2 is 1.71 bits per heavy atom. The van der Waals surface area contributed by atoms with Gasteiger partial charge < -0.3 is 9.80 Å². The van der Waals surface area contributed by atoms with Crippen molar-refractivity contribution in [1.82, 2.24) is 24.4 Å². The van der Waals surface area contributed by atoms with Gasteiger partial charge in [0.25, 0.3) is 11.1 Å². The summed E-state index contributed by atoms with van der Waals surface area (Å²) in [5.74, 6) is -0.303. The van der Waals surface area contributed by atoms with Crippen LogP contribution in [0.2, 0.25) is 0 Å². The quantitative estimate of drug-likeness (QED) is 0.587. The third-order valence-corrected chi connectivity index (χ3v) is 6.64. The number of rotatable bonds is 3. The zero-order chi connectivity index (χ0) is 21.5. The third-order valence-electron chi connectivity index (χ3n) is 5.68. The molecule has 31 heavy (non-hydrogen) atoms. The molecule has 0 radical (unpaired) electrons. The smallest absolute Gasteiger partial charge is 0.293 e. The number of thioether (sulfide) groups is 1. The first-order valence-electron chi connectivity index (χ1n) is 10.1. The molecule has 0 N–H and O–H groups in total. The third kappa shape index (κ3) is 3.70. The van der Waals surface area contributed by atoms with E-state index >= 15 is 0 Å². The zero-order valence-corrected chi connectivity index (χ0v) is 18.2. The van der Waals surface area contributed by atoms with Crippen LogP contribution in [0, 0.1) is 0 Å². The van der Waals surface area contributed by atoms with Crippen LogP contribution in [-0.2, 0) is 4.79 Å². The lowest BCUT2D eigenvalue weighted by molar-refractivity contribution is -0.121. The van der Waals surface area contributed by atoms with Gasteiger partial charge in [0.1, 0.15) is 0 Å². The van der Waals surface area contributed by atoms with Crippen molar-refractivity contribution < 1.29 is 9.59 Å². The molecule has 2 aliphatic heterocycles. The van der Waals surface area contributed by atoms with Crippen LogP contribution < -0.4 is 4.90 Å². The number of imidazole rings is 1. The number of benzene rings is 1. The first kappa shape index (κ1) is 19.8. The summed E-state index contributed by atoms with van der Waals surface area (Å²) in [7, 11) is 3.63. The number of carbonyl (C=O) groups excluding carboxylic acids is 2. The van der Waals surface area contributed by atoms with E-state index in [1.54, 1.807) is 22.9 Å². The number of likely N-dealkylation sites (N-methyl/N-ethyl adjacent to an activating group) is 2. The predicted octanol–water partition coefficient (Wildman–Crippen LogP) is 2.81. The van der Waals surface area contributed by atoms with Crippen molar-refractivity contribution >= 4 is 40.3 Å². The van der Waals surface area contributed by atoms with Gasteiger partial charge in [0.2, 0.25) is 0 Å². The molecule has 0 atom stereocenters. The highest BCUT2D eigenvalue weighted by molar-refractivity contribution is 8.18. The highest BCUT2D eigenvalue weighted by atomic mass is 32.2. The van der Waals surface area contributed by atoms with Crippen molar-refractivity contribution in [3.8, 4) is 11.3 Å². The molecule has 4 heterocycles. The Morgan fingerprint density at radius 3 is 2.39 bits per heavy atom. The maximum Gasteiger partial charge on any atom is 0.293 e. The number of amides is 2. The average Bonchev–Trinajstić information content (AvgIpc) is 3.31. The van der Waals surface area contributed by atoms with Crippen LogP contribution in [0.4, 0.5) is 10.5 Å². The Hall–Kier alpha value is -3.17. The van der Waals surface area contributed by atoms with E-state index in [9.17, 15) is 9.59 Å². The molecule has 2 aromatic heterocycles. The lowest BCUT2D eigenvalue weighted by Crippen LogP contribution is -2.44. The molecule has 9 heteroatoms. The van der Waals surface area contributed by atoms with Crippen molar-refractivity contribution in [3.63, 3.8) is 0 Å². The summed E-state index contributed by atoms with van der Waals surface area (Å²) >= 11 is 0.926. The molecular weight excluding hydrogens is 412 g/mol. The standard InChI is InChI=1S/C22H22N6O2S/c1-25-9-11-27(12-10-25)17-6-3-15(4-7-17)18-14-23-20-8-5-16(24-28(18)20)13-19-21(29)26(2)22(30)31-19/h3-8,13-14H,9-12H2,1-2H3/b19-13-. The van der Waals surface area contributed by atoms with Gasteiger partial charge in [0, 0.05) is 44.5 Å². The van der Waals surface area contributed by atoms with Gasteiger partial charge in [-0.2, -0.15) is 5.10 Å². The van der Waals surface area contributed by atoms with Crippen molar-refractivity contribution in [2.24, 2.45) is 0 Å². The molecule has 0 bridgehead atoms. The molecule has 2 amide bonds. The van der Waals surface area contributed by atoms with Crippen molar-refractivity contribution in [2.45, 2.75) is 0 Å². The number of carbonyl (C=O) groups is 2. The Balaban J connectivity index is 1.44. The molecule has 158 valence electrons. The minimum Gasteiger partial charge on any atom is -0.369 e. The number of piperazine rings is 1. The first-order chi connectivity index (χ1) is 15.0. The average molecular weight is 435 g/mol. The molecule has 0 saturated carbocycles. The Kier molecular flexibility index (Phi) is 4.99. The summed E-state index contributed by atoms with van der Waals surface area (Å²) in [5.41, 5.74) is 4.43. The molecule has 0 spiro atoms. The van der Waals surface area contributed by atoms with Crippen molar-refractivity contribution in [1.29, 1.82) is 0 Å². The number of fused-ring (bicyclic) bond motifs is 1. The number of aromatic nitrogens is 3. The van der Waals surface area contributed by atoms with Gasteiger partial charge in [-0.15, -0.1) is 0 Å². The zero-order valence-electron chi connectivity index (χ0n) is 17.4. The maximum atomic E-state index is 12.2. The van der Waals surface area contributed by atoms with Crippen LogP contribution in [-0.4, -0.2) is 75.8 Å². The summed E-state index contributed by atoms with van der Waals surface area (Å²) in [6.07, 6.45) is 3.45. The van der Waals surface area contributed by atoms with Crippen LogP contribution in [0.5, 0.6) is 0 Å². The second kappa shape index (κ2) is 7.82. The largest absolute Gasteiger partial charge is 0.369 e. The summed E-state index contributed by atoms with van der Waals surface area (Å²) in [4.78, 5) is 34.6. The Labute approximate surface area is 184 Å². The van der Waals surface area contributed by atoms with E-state index in [2.05, 4.69) is 51.2 Å². The van der Waals surface area contributed by atoms with Crippen LogP contribution in [0.15, 0.2) is 47.5 Å². The Morgan fingerprint density at radius 1 is 0.968 bits per heavy atom. The van der Waals surface area contributed by atoms with Crippen LogP contribution >= 0.6 is 11.8 Å². The molecule has 2 aliphatic rings. The summed E-state index contributed by atoms with van der Waals surface area (Å²) in [6, 6.07) is 12.1. The fourth-order valence-electron chi connectivity index (χ4n) is 3.75. The monoisotopic (exact) mass is 434 g/mol. The summed E-state index contributed by atoms with van der Waals surface area (Å²) in [6.45, 7) is 4.19. The van der Waals surface area contributed by atoms with Gasteiger partial charge in [-0.05, 0) is 49.2 Å². The molecule has 1 aromatic carbocycles. The van der Waals surface area contributed by atoms with Gasteiger partial charge in [-0.3, -0.25) is 14.5 Å². The minimum absolute atomic E-state index is 0.277. The predicted molar refractivity (Wildman–Crippen MR) is 122 cm³/mol. The van der Waals surface area contributed by atoms with E-state index in [0.717, 1.165) is 59.7 Å². The van der Waals surface area contributed by atoms with Crippen molar-refractivity contribution in [3.05, 3.63) is 53.2 Å². The lowest BCUT2D eigenvalue weighted by Gasteiger charge is -2.34. The Bertz CT molecular complexity index is 1190. The second-order valence-corrected chi connectivity index (χ2v) is 8.74. The van der Waals surface area contributed by atoms with Crippen LogP contribution in [0.1, 0.15) is 5.69 Å². The fraction of sp³-hybridized carbons (Fsp3) is 0.273. The molecule has 3 aromatic rings. The summed E-state index contributed by atoms with van der Waals surface area (Å²) in [5, 5.41) is 4.37. The molecule has 5 rings (SSSR count). The van der Waals surface area contributed by atoms with Crippen LogP contribution in [0.3, 0.4) is 0 Å². The van der Waals surface area contributed by atoms with E-state index in [4.69, 9.17) is 0 Å². The van der Waals surface area contributed by atoms with Gasteiger partial charge in [0.05, 0.1) is 22.5 Å². The minimum atomic E-state index is -0.303.